The maximum Gasteiger partial charge on any atom is 0.365 e. The number of oxime groups is 1. The lowest BCUT2D eigenvalue weighted by Gasteiger charge is -2.11. The van der Waals surface area contributed by atoms with E-state index in [9.17, 15) is 4.79 Å². The van der Waals surface area contributed by atoms with Gasteiger partial charge in [0.05, 0.1) is 28.3 Å². The van der Waals surface area contributed by atoms with Crippen LogP contribution in [0.3, 0.4) is 0 Å². The summed E-state index contributed by atoms with van der Waals surface area (Å²) < 4.78 is 10.9. The Morgan fingerprint density at radius 2 is 1.69 bits per heavy atom. The van der Waals surface area contributed by atoms with Crippen LogP contribution in [0.4, 0.5) is 0 Å². The van der Waals surface area contributed by atoms with Crippen molar-refractivity contribution in [2.24, 2.45) is 10.9 Å². The number of amidine groups is 1. The molecule has 0 unspecified atom stereocenters. The Morgan fingerprint density at radius 1 is 0.969 bits per heavy atom. The zero-order chi connectivity index (χ0) is 23.3. The van der Waals surface area contributed by atoms with Crippen molar-refractivity contribution in [1.29, 1.82) is 0 Å². The molecule has 0 saturated heterocycles. The minimum Gasteiger partial charge on any atom is -0.496 e. The van der Waals surface area contributed by atoms with E-state index in [0.29, 0.717) is 32.7 Å². The number of nitrogens with two attached hydrogens (primary N) is 1. The van der Waals surface area contributed by atoms with Gasteiger partial charge in [-0.3, -0.25) is 0 Å². The van der Waals surface area contributed by atoms with Gasteiger partial charge in [-0.05, 0) is 48.0 Å². The summed E-state index contributed by atoms with van der Waals surface area (Å²) in [6, 6.07) is 14.5. The maximum absolute atomic E-state index is 12.4. The number of methoxy groups -OCH3 is 1. The molecule has 0 aromatic heterocycles. The van der Waals surface area contributed by atoms with Crippen molar-refractivity contribution in [2.75, 3.05) is 7.11 Å². The third kappa shape index (κ3) is 5.99. The van der Waals surface area contributed by atoms with Gasteiger partial charge >= 0.3 is 5.97 Å². The third-order valence-electron chi connectivity index (χ3n) is 4.17. The zero-order valence-corrected chi connectivity index (χ0v) is 19.6. The number of hydrogen-bond acceptors (Lipinski definition) is 5. The molecule has 0 spiro atoms. The van der Waals surface area contributed by atoms with E-state index in [-0.39, 0.29) is 28.1 Å². The molecule has 10 heteroatoms. The van der Waals surface area contributed by atoms with Gasteiger partial charge in [-0.1, -0.05) is 63.7 Å². The molecule has 2 N–H and O–H groups in total. The summed E-state index contributed by atoms with van der Waals surface area (Å²) in [5, 5.41) is 5.08. The number of carbonyl (C=O) groups excluding carboxylic acids is 1. The number of ether oxygens (including phenoxy) is 2. The number of nitrogens with zero attached hydrogens (tertiary/aromatic N) is 1. The number of rotatable bonds is 7. The van der Waals surface area contributed by atoms with Crippen LogP contribution >= 0.6 is 46.4 Å². The van der Waals surface area contributed by atoms with Crippen molar-refractivity contribution in [1.82, 2.24) is 0 Å². The van der Waals surface area contributed by atoms with Crippen LogP contribution in [0.5, 0.6) is 11.5 Å². The summed E-state index contributed by atoms with van der Waals surface area (Å²) in [5.74, 6) is -0.0496. The molecule has 32 heavy (non-hydrogen) atoms. The molecule has 166 valence electrons. The molecule has 3 aromatic rings. The molecule has 0 aliphatic heterocycles. The highest BCUT2D eigenvalue weighted by Crippen LogP contribution is 2.36. The quantitative estimate of drug-likeness (QED) is 0.172. The van der Waals surface area contributed by atoms with Crippen molar-refractivity contribution >= 4 is 58.2 Å². The third-order valence-corrected chi connectivity index (χ3v) is 5.19. The molecule has 0 aliphatic carbocycles. The molecule has 0 fully saturated rings. The molecule has 0 heterocycles. The summed E-state index contributed by atoms with van der Waals surface area (Å²) in [7, 11) is 1.48. The fraction of sp³-hybridized carbons (Fsp3) is 0.0909. The lowest BCUT2D eigenvalue weighted by molar-refractivity contribution is 0.0515. The first-order valence-corrected chi connectivity index (χ1v) is 10.5. The van der Waals surface area contributed by atoms with Crippen molar-refractivity contribution < 1.29 is 19.1 Å². The largest absolute Gasteiger partial charge is 0.496 e. The minimum atomic E-state index is -0.710. The van der Waals surface area contributed by atoms with Crippen molar-refractivity contribution in [3.8, 4) is 11.5 Å². The fourth-order valence-electron chi connectivity index (χ4n) is 2.68. The Hall–Kier alpha value is -2.64. The van der Waals surface area contributed by atoms with Crippen LogP contribution in [0, 0.1) is 0 Å². The van der Waals surface area contributed by atoms with E-state index in [4.69, 9.17) is 66.4 Å². The highest BCUT2D eigenvalue weighted by atomic mass is 35.5. The average Bonchev–Trinajstić information content (AvgIpc) is 2.76. The Kier molecular flexibility index (Phi) is 8.10. The van der Waals surface area contributed by atoms with Crippen LogP contribution < -0.4 is 15.2 Å². The number of halogens is 4. The van der Waals surface area contributed by atoms with E-state index in [1.54, 1.807) is 42.5 Å². The first-order chi connectivity index (χ1) is 15.3. The van der Waals surface area contributed by atoms with Crippen LogP contribution in [0.15, 0.2) is 59.8 Å². The van der Waals surface area contributed by atoms with E-state index < -0.39 is 5.97 Å². The molecule has 0 bridgehead atoms. The van der Waals surface area contributed by atoms with E-state index in [1.165, 1.54) is 19.2 Å². The van der Waals surface area contributed by atoms with Gasteiger partial charge in [-0.25, -0.2) is 4.79 Å². The van der Waals surface area contributed by atoms with Gasteiger partial charge in [-0.2, -0.15) is 0 Å². The molecule has 0 atom stereocenters. The molecule has 0 saturated carbocycles. The summed E-state index contributed by atoms with van der Waals surface area (Å²) >= 11 is 24.1. The monoisotopic (exact) mass is 512 g/mol. The Balaban J connectivity index is 1.71. The zero-order valence-electron chi connectivity index (χ0n) is 16.6. The first-order valence-electron chi connectivity index (χ1n) is 9.03. The number of benzene rings is 3. The second kappa shape index (κ2) is 10.8. The fourth-order valence-corrected chi connectivity index (χ4v) is 3.78. The van der Waals surface area contributed by atoms with Gasteiger partial charge in [0.2, 0.25) is 0 Å². The molecule has 0 aliphatic rings. The standard InChI is InChI=1S/C22H16Cl4N2O4/c1-30-19-6-5-14(23)8-16(19)21(27)28-32-22(29)13-4-2-3-12(7-13)11-31-20-17(25)9-15(24)10-18(20)26/h2-10H,11H2,1H3,(H2,27,28). The van der Waals surface area contributed by atoms with Gasteiger partial charge in [0.15, 0.2) is 11.6 Å². The van der Waals surface area contributed by atoms with Crippen LogP contribution in [-0.4, -0.2) is 18.9 Å². The molecular formula is C22H16Cl4N2O4. The predicted octanol–water partition coefficient (Wildman–Crippen LogP) is 6.37. The Labute approximate surface area is 204 Å². The van der Waals surface area contributed by atoms with Crippen molar-refractivity contribution in [3.05, 3.63) is 91.4 Å². The molecule has 0 amide bonds. The van der Waals surface area contributed by atoms with Crippen LogP contribution in [0.25, 0.3) is 0 Å². The van der Waals surface area contributed by atoms with Crippen molar-refractivity contribution in [2.45, 2.75) is 6.61 Å². The van der Waals surface area contributed by atoms with E-state index in [2.05, 4.69) is 5.16 Å². The van der Waals surface area contributed by atoms with E-state index in [0.717, 1.165) is 0 Å². The first kappa shape index (κ1) is 24.0. The van der Waals surface area contributed by atoms with Crippen LogP contribution in [0.1, 0.15) is 21.5 Å². The molecular weight excluding hydrogens is 498 g/mol. The average molecular weight is 514 g/mol. The van der Waals surface area contributed by atoms with Gasteiger partial charge in [-0.15, -0.1) is 0 Å². The van der Waals surface area contributed by atoms with Crippen molar-refractivity contribution in [3.63, 3.8) is 0 Å². The molecule has 3 rings (SSSR count). The Morgan fingerprint density at radius 3 is 2.38 bits per heavy atom. The lowest BCUT2D eigenvalue weighted by Crippen LogP contribution is -2.16. The highest BCUT2D eigenvalue weighted by molar-refractivity contribution is 6.40. The topological polar surface area (TPSA) is 83.1 Å². The lowest BCUT2D eigenvalue weighted by atomic mass is 10.1. The molecule has 3 aromatic carbocycles. The van der Waals surface area contributed by atoms with Gasteiger partial charge < -0.3 is 20.0 Å². The number of hydrogen-bond donors (Lipinski definition) is 1. The van der Waals surface area contributed by atoms with Crippen LogP contribution in [-0.2, 0) is 11.4 Å². The summed E-state index contributed by atoms with van der Waals surface area (Å²) in [5.41, 5.74) is 7.24. The predicted molar refractivity (Wildman–Crippen MR) is 126 cm³/mol. The molecule has 0 radical (unpaired) electrons. The summed E-state index contributed by atoms with van der Waals surface area (Å²) in [6.07, 6.45) is 0. The van der Waals surface area contributed by atoms with E-state index in [1.807, 2.05) is 0 Å². The summed E-state index contributed by atoms with van der Waals surface area (Å²) in [6.45, 7) is 0.104. The second-order valence-electron chi connectivity index (χ2n) is 6.39. The minimum absolute atomic E-state index is 0.0655. The Bertz CT molecular complexity index is 1160. The molecule has 6 nitrogen and oxygen atoms in total. The SMILES string of the molecule is COc1ccc(Cl)cc1/C(N)=N/OC(=O)c1cccc(COc2c(Cl)cc(Cl)cc2Cl)c1. The smallest absolute Gasteiger partial charge is 0.365 e. The number of carbonyl (C=O) groups is 1. The van der Waals surface area contributed by atoms with Gasteiger partial charge in [0.25, 0.3) is 0 Å². The highest BCUT2D eigenvalue weighted by Gasteiger charge is 2.13. The van der Waals surface area contributed by atoms with Gasteiger partial charge in [0.1, 0.15) is 12.4 Å². The van der Waals surface area contributed by atoms with Crippen LogP contribution in [0.2, 0.25) is 20.1 Å². The van der Waals surface area contributed by atoms with E-state index >= 15 is 0 Å². The second-order valence-corrected chi connectivity index (χ2v) is 8.07. The summed E-state index contributed by atoms with van der Waals surface area (Å²) in [4.78, 5) is 17.4. The van der Waals surface area contributed by atoms with Gasteiger partial charge in [0, 0.05) is 10.0 Å². The normalized spacial score (nSPS) is 11.2. The maximum atomic E-state index is 12.4.